The lowest BCUT2D eigenvalue weighted by Gasteiger charge is -2.29. The number of methoxy groups -OCH3 is 2. The van der Waals surface area contributed by atoms with Crippen molar-refractivity contribution < 1.29 is 14.2 Å². The standard InChI is InChI=1S/C25H33N5O3/c1-30-11-9-19-20(14-26)24(27-10-8-17-6-7-22(31-2)23(13-17)32-3)29-25(21(19)16-30)28-15-18-5-4-12-33-18/h6-7,13,18H,4-5,8-12,15-16H2,1-3H3,(H2,27,28,29). The number of hydrogen-bond acceptors (Lipinski definition) is 8. The van der Waals surface area contributed by atoms with Gasteiger partial charge in [-0.15, -0.1) is 0 Å². The average Bonchev–Trinajstić information content (AvgIpc) is 3.36. The molecule has 3 heterocycles. The smallest absolute Gasteiger partial charge is 0.160 e. The highest BCUT2D eigenvalue weighted by atomic mass is 16.5. The molecule has 1 atom stereocenters. The van der Waals surface area contributed by atoms with Crippen molar-refractivity contribution in [2.45, 2.75) is 38.3 Å². The van der Waals surface area contributed by atoms with Crippen LogP contribution in [0.5, 0.6) is 11.5 Å². The second kappa shape index (κ2) is 10.7. The van der Waals surface area contributed by atoms with Gasteiger partial charge in [-0.3, -0.25) is 0 Å². The Morgan fingerprint density at radius 2 is 2.03 bits per heavy atom. The van der Waals surface area contributed by atoms with Crippen molar-refractivity contribution >= 4 is 11.6 Å². The number of nitrogens with one attached hydrogen (secondary N) is 2. The van der Waals surface area contributed by atoms with Crippen molar-refractivity contribution in [3.05, 3.63) is 40.5 Å². The Kier molecular flexibility index (Phi) is 7.53. The zero-order valence-corrected chi connectivity index (χ0v) is 19.7. The molecule has 33 heavy (non-hydrogen) atoms. The van der Waals surface area contributed by atoms with E-state index in [-0.39, 0.29) is 6.10 Å². The Morgan fingerprint density at radius 1 is 1.18 bits per heavy atom. The van der Waals surface area contributed by atoms with Crippen LogP contribution in [0.2, 0.25) is 0 Å². The van der Waals surface area contributed by atoms with Crippen LogP contribution in [0, 0.1) is 11.3 Å². The number of hydrogen-bond donors (Lipinski definition) is 2. The molecule has 8 nitrogen and oxygen atoms in total. The van der Waals surface area contributed by atoms with Crippen LogP contribution >= 0.6 is 0 Å². The van der Waals surface area contributed by atoms with E-state index in [0.29, 0.717) is 29.4 Å². The normalized spacial score (nSPS) is 17.8. The molecule has 2 aliphatic rings. The average molecular weight is 452 g/mol. The number of pyridine rings is 1. The molecule has 176 valence electrons. The van der Waals surface area contributed by atoms with E-state index in [1.807, 2.05) is 18.2 Å². The van der Waals surface area contributed by atoms with Gasteiger partial charge in [-0.2, -0.15) is 5.26 Å². The molecule has 1 fully saturated rings. The van der Waals surface area contributed by atoms with Crippen molar-refractivity contribution in [3.8, 4) is 17.6 Å². The van der Waals surface area contributed by atoms with Gasteiger partial charge in [0.15, 0.2) is 11.5 Å². The maximum absolute atomic E-state index is 9.96. The quantitative estimate of drug-likeness (QED) is 0.601. The Morgan fingerprint density at radius 3 is 2.76 bits per heavy atom. The summed E-state index contributed by atoms with van der Waals surface area (Å²) in [5, 5.41) is 16.9. The van der Waals surface area contributed by atoms with Gasteiger partial charge in [0.2, 0.25) is 0 Å². The number of aromatic nitrogens is 1. The largest absolute Gasteiger partial charge is 0.493 e. The topological polar surface area (TPSA) is 91.7 Å². The number of rotatable bonds is 9. The number of benzene rings is 1. The van der Waals surface area contributed by atoms with Gasteiger partial charge in [0.05, 0.1) is 25.9 Å². The van der Waals surface area contributed by atoms with Crippen molar-refractivity contribution in [3.63, 3.8) is 0 Å². The molecule has 0 saturated carbocycles. The SMILES string of the molecule is COc1ccc(CCNc2nc(NCC3CCCO3)c3c(c2C#N)CCN(C)C3)cc1OC. The fourth-order valence-corrected chi connectivity index (χ4v) is 4.54. The molecular formula is C25H33N5O3. The minimum atomic E-state index is 0.223. The van der Waals surface area contributed by atoms with Crippen LogP contribution in [0.4, 0.5) is 11.6 Å². The molecule has 2 N–H and O–H groups in total. The number of nitrogens with zero attached hydrogens (tertiary/aromatic N) is 3. The van der Waals surface area contributed by atoms with E-state index in [1.165, 1.54) is 0 Å². The van der Waals surface area contributed by atoms with E-state index in [4.69, 9.17) is 19.2 Å². The molecule has 0 spiro atoms. The first kappa shape index (κ1) is 23.1. The summed E-state index contributed by atoms with van der Waals surface area (Å²) >= 11 is 0. The summed E-state index contributed by atoms with van der Waals surface area (Å²) < 4.78 is 16.5. The van der Waals surface area contributed by atoms with Crippen LogP contribution in [-0.2, 0) is 24.1 Å². The highest BCUT2D eigenvalue weighted by Gasteiger charge is 2.25. The molecule has 1 saturated heterocycles. The number of ether oxygens (including phenoxy) is 3. The number of anilines is 2. The molecule has 2 aromatic rings. The molecule has 2 aliphatic heterocycles. The Balaban J connectivity index is 1.52. The van der Waals surface area contributed by atoms with Crippen LogP contribution in [0.3, 0.4) is 0 Å². The molecule has 0 amide bonds. The van der Waals surface area contributed by atoms with E-state index < -0.39 is 0 Å². The van der Waals surface area contributed by atoms with Gasteiger partial charge in [0.25, 0.3) is 0 Å². The molecule has 0 radical (unpaired) electrons. The van der Waals surface area contributed by atoms with E-state index in [0.717, 1.165) is 74.4 Å². The van der Waals surface area contributed by atoms with E-state index in [2.05, 4.69) is 28.7 Å². The third-order valence-corrected chi connectivity index (χ3v) is 6.37. The number of fused-ring (bicyclic) bond motifs is 1. The fourth-order valence-electron chi connectivity index (χ4n) is 4.54. The van der Waals surface area contributed by atoms with E-state index >= 15 is 0 Å². The van der Waals surface area contributed by atoms with Gasteiger partial charge in [-0.25, -0.2) is 4.98 Å². The lowest BCUT2D eigenvalue weighted by Crippen LogP contribution is -2.30. The summed E-state index contributed by atoms with van der Waals surface area (Å²) in [5.41, 5.74) is 4.01. The maximum Gasteiger partial charge on any atom is 0.160 e. The molecule has 0 aliphatic carbocycles. The first-order chi connectivity index (χ1) is 16.1. The second-order valence-electron chi connectivity index (χ2n) is 8.62. The summed E-state index contributed by atoms with van der Waals surface area (Å²) in [4.78, 5) is 7.14. The van der Waals surface area contributed by atoms with E-state index in [9.17, 15) is 5.26 Å². The highest BCUT2D eigenvalue weighted by molar-refractivity contribution is 5.66. The Bertz CT molecular complexity index is 1010. The molecule has 8 heteroatoms. The predicted octanol–water partition coefficient (Wildman–Crippen LogP) is 3.20. The Labute approximate surface area is 195 Å². The minimum Gasteiger partial charge on any atom is -0.493 e. The van der Waals surface area contributed by atoms with Gasteiger partial charge >= 0.3 is 0 Å². The second-order valence-corrected chi connectivity index (χ2v) is 8.62. The van der Waals surface area contributed by atoms with Crippen LogP contribution in [-0.4, -0.2) is 63.5 Å². The summed E-state index contributed by atoms with van der Waals surface area (Å²) in [5.74, 6) is 2.93. The molecule has 1 unspecified atom stereocenters. The minimum absolute atomic E-state index is 0.223. The van der Waals surface area contributed by atoms with Crippen molar-refractivity contribution in [1.82, 2.24) is 9.88 Å². The molecule has 4 rings (SSSR count). The first-order valence-electron chi connectivity index (χ1n) is 11.6. The zero-order chi connectivity index (χ0) is 23.2. The van der Waals surface area contributed by atoms with Gasteiger partial charge in [0.1, 0.15) is 17.7 Å². The van der Waals surface area contributed by atoms with Gasteiger partial charge in [-0.1, -0.05) is 6.07 Å². The van der Waals surface area contributed by atoms with Gasteiger partial charge in [0, 0.05) is 38.3 Å². The van der Waals surface area contributed by atoms with Gasteiger partial charge in [-0.05, 0) is 56.0 Å². The van der Waals surface area contributed by atoms with Crippen LogP contribution in [0.1, 0.15) is 35.1 Å². The zero-order valence-electron chi connectivity index (χ0n) is 19.7. The monoisotopic (exact) mass is 451 g/mol. The lowest BCUT2D eigenvalue weighted by atomic mass is 9.95. The first-order valence-corrected chi connectivity index (χ1v) is 11.6. The molecule has 0 bridgehead atoms. The van der Waals surface area contributed by atoms with Crippen LogP contribution in [0.15, 0.2) is 18.2 Å². The van der Waals surface area contributed by atoms with Crippen molar-refractivity contribution in [1.29, 1.82) is 5.26 Å². The Hall–Kier alpha value is -3.02. The van der Waals surface area contributed by atoms with Crippen LogP contribution in [0.25, 0.3) is 0 Å². The predicted molar refractivity (Wildman–Crippen MR) is 128 cm³/mol. The third kappa shape index (κ3) is 5.32. The molecule has 1 aromatic heterocycles. The maximum atomic E-state index is 9.96. The summed E-state index contributed by atoms with van der Waals surface area (Å²) in [6, 6.07) is 8.33. The third-order valence-electron chi connectivity index (χ3n) is 6.37. The lowest BCUT2D eigenvalue weighted by molar-refractivity contribution is 0.120. The number of likely N-dealkylation sites (N-methyl/N-ethyl adjacent to an activating group) is 1. The summed E-state index contributed by atoms with van der Waals surface area (Å²) in [6.07, 6.45) is 4.02. The van der Waals surface area contributed by atoms with Crippen LogP contribution < -0.4 is 20.1 Å². The summed E-state index contributed by atoms with van der Waals surface area (Å²) in [6.45, 7) is 3.94. The van der Waals surface area contributed by atoms with E-state index in [1.54, 1.807) is 14.2 Å². The molecule has 1 aromatic carbocycles. The van der Waals surface area contributed by atoms with Crippen molar-refractivity contribution in [2.75, 3.05) is 58.1 Å². The number of nitriles is 1. The van der Waals surface area contributed by atoms with Crippen molar-refractivity contribution in [2.24, 2.45) is 0 Å². The fraction of sp³-hybridized carbons (Fsp3) is 0.520. The highest BCUT2D eigenvalue weighted by Crippen LogP contribution is 2.32. The van der Waals surface area contributed by atoms with Gasteiger partial charge < -0.3 is 29.7 Å². The summed E-state index contributed by atoms with van der Waals surface area (Å²) in [7, 11) is 5.37. The molecular weight excluding hydrogens is 418 g/mol.